The second kappa shape index (κ2) is 7.91. The Morgan fingerprint density at radius 2 is 1.76 bits per heavy atom. The number of hydrogen-bond donors (Lipinski definition) is 3. The highest BCUT2D eigenvalue weighted by Gasteiger charge is 2.68. The van der Waals surface area contributed by atoms with E-state index < -0.39 is 5.97 Å². The van der Waals surface area contributed by atoms with Crippen LogP contribution in [0.5, 0.6) is 0 Å². The number of anilines is 1. The maximum atomic E-state index is 12.5. The number of aliphatic carboxylic acids is 1. The molecule has 3 fully saturated rings. The first-order valence-electron chi connectivity index (χ1n) is 15.4. The third-order valence-corrected chi connectivity index (χ3v) is 13.6. The maximum absolute atomic E-state index is 12.5. The van der Waals surface area contributed by atoms with Gasteiger partial charge in [-0.05, 0) is 103 Å². The van der Waals surface area contributed by atoms with Gasteiger partial charge in [-0.1, -0.05) is 66.5 Å². The van der Waals surface area contributed by atoms with Crippen molar-refractivity contribution >= 4 is 11.8 Å². The molecule has 38 heavy (non-hydrogen) atoms. The molecule has 210 valence electrons. The SMILES string of the molecule is CCC1=C2C3CC(C)(C)C[C@@H](C(=O)O)C3CCC2(C)C2(C)CCC3C(C)(C)c4[nH]nc(N)c4CC3(C)C2C1. The van der Waals surface area contributed by atoms with Crippen molar-refractivity contribution in [1.82, 2.24) is 10.2 Å². The highest BCUT2D eigenvalue weighted by atomic mass is 16.4. The van der Waals surface area contributed by atoms with Crippen molar-refractivity contribution in [2.24, 2.45) is 51.2 Å². The molecule has 5 nitrogen and oxygen atoms in total. The third kappa shape index (κ3) is 3.17. The summed E-state index contributed by atoms with van der Waals surface area (Å²) in [7, 11) is 0. The Labute approximate surface area is 229 Å². The van der Waals surface area contributed by atoms with Gasteiger partial charge in [-0.15, -0.1) is 0 Å². The largest absolute Gasteiger partial charge is 0.481 e. The van der Waals surface area contributed by atoms with E-state index in [1.165, 1.54) is 24.1 Å². The number of nitrogens with zero attached hydrogens (tertiary/aromatic N) is 1. The number of nitrogen functional groups attached to an aromatic ring is 1. The summed E-state index contributed by atoms with van der Waals surface area (Å²) in [6, 6.07) is 0. The highest BCUT2D eigenvalue weighted by molar-refractivity contribution is 5.71. The van der Waals surface area contributed by atoms with Crippen molar-refractivity contribution < 1.29 is 9.90 Å². The molecule has 0 amide bonds. The molecule has 1 aromatic heterocycles. The molecule has 3 saturated carbocycles. The van der Waals surface area contributed by atoms with Crippen molar-refractivity contribution in [2.45, 2.75) is 119 Å². The lowest BCUT2D eigenvalue weighted by atomic mass is 9.33. The van der Waals surface area contributed by atoms with Crippen LogP contribution in [0, 0.1) is 51.2 Å². The van der Waals surface area contributed by atoms with Gasteiger partial charge in [0.15, 0.2) is 0 Å². The number of fused-ring (bicyclic) bond motifs is 8. The van der Waals surface area contributed by atoms with Crippen LogP contribution in [0.15, 0.2) is 11.1 Å². The molecule has 0 saturated heterocycles. The fraction of sp³-hybridized carbons (Fsp3) is 0.818. The molecule has 0 spiro atoms. The highest BCUT2D eigenvalue weighted by Crippen LogP contribution is 2.75. The minimum Gasteiger partial charge on any atom is -0.481 e. The molecule has 4 N–H and O–H groups in total. The molecule has 7 unspecified atom stereocenters. The summed E-state index contributed by atoms with van der Waals surface area (Å²) in [4.78, 5) is 12.5. The molecule has 0 aliphatic heterocycles. The average molecular weight is 522 g/mol. The molecule has 8 atom stereocenters. The van der Waals surface area contributed by atoms with E-state index in [0.29, 0.717) is 29.5 Å². The summed E-state index contributed by atoms with van der Waals surface area (Å²) in [5.74, 6) is 1.79. The number of carboxylic acids is 1. The first kappa shape index (κ1) is 26.4. The van der Waals surface area contributed by atoms with Gasteiger partial charge in [0.05, 0.1) is 5.92 Å². The van der Waals surface area contributed by atoms with E-state index in [-0.39, 0.29) is 33.0 Å². The summed E-state index contributed by atoms with van der Waals surface area (Å²) in [5, 5.41) is 18.1. The second-order valence-electron chi connectivity index (χ2n) is 16.2. The van der Waals surface area contributed by atoms with E-state index in [1.54, 1.807) is 11.1 Å². The zero-order chi connectivity index (χ0) is 27.6. The van der Waals surface area contributed by atoms with Crippen LogP contribution in [0.25, 0.3) is 0 Å². The van der Waals surface area contributed by atoms with Gasteiger partial charge in [0, 0.05) is 16.7 Å². The second-order valence-corrected chi connectivity index (χ2v) is 16.2. The number of rotatable bonds is 2. The predicted octanol–water partition coefficient (Wildman–Crippen LogP) is 7.53. The standard InChI is InChI=1S/C33H51N3O2/c1-9-18-14-24-31(6)17-22-26(35-36-27(22)34)30(4,5)23(31)11-13-32(24,7)33(8)12-10-19-20(25(18)33)15-29(2,3)16-21(19)28(37)38/h19-21,23-24H,9-17H2,1-8H3,(H,37,38)(H3,34,35,36)/t19?,20?,21-,23?,24?,31?,32?,33?/m1/s1. The van der Waals surface area contributed by atoms with Gasteiger partial charge < -0.3 is 10.8 Å². The number of hydrogen-bond acceptors (Lipinski definition) is 3. The molecule has 0 aromatic carbocycles. The number of aromatic nitrogens is 2. The molecular weight excluding hydrogens is 470 g/mol. The van der Waals surface area contributed by atoms with Gasteiger partial charge in [0.2, 0.25) is 0 Å². The minimum absolute atomic E-state index is 0.0192. The van der Waals surface area contributed by atoms with E-state index in [0.717, 1.165) is 44.9 Å². The zero-order valence-corrected chi connectivity index (χ0v) is 25.1. The van der Waals surface area contributed by atoms with Gasteiger partial charge in [0.25, 0.3) is 0 Å². The molecule has 5 aliphatic carbocycles. The maximum Gasteiger partial charge on any atom is 0.306 e. The first-order valence-corrected chi connectivity index (χ1v) is 15.4. The fourth-order valence-corrected chi connectivity index (χ4v) is 11.9. The fourth-order valence-electron chi connectivity index (χ4n) is 11.9. The number of allylic oxidation sites excluding steroid dienone is 2. The molecule has 1 heterocycles. The van der Waals surface area contributed by atoms with Crippen molar-refractivity contribution in [3.8, 4) is 0 Å². The van der Waals surface area contributed by atoms with Gasteiger partial charge in [0.1, 0.15) is 5.82 Å². The number of carbonyl (C=O) groups is 1. The van der Waals surface area contributed by atoms with E-state index in [1.807, 2.05) is 0 Å². The normalized spacial score (nSPS) is 44.8. The van der Waals surface area contributed by atoms with E-state index in [4.69, 9.17) is 5.73 Å². The first-order chi connectivity index (χ1) is 17.6. The van der Waals surface area contributed by atoms with Crippen molar-refractivity contribution in [3.63, 3.8) is 0 Å². The predicted molar refractivity (Wildman–Crippen MR) is 153 cm³/mol. The minimum atomic E-state index is -0.569. The lowest BCUT2D eigenvalue weighted by Gasteiger charge is -2.70. The van der Waals surface area contributed by atoms with Crippen LogP contribution in [0.2, 0.25) is 0 Å². The Morgan fingerprint density at radius 3 is 2.42 bits per heavy atom. The molecular formula is C33H51N3O2. The van der Waals surface area contributed by atoms with Crippen LogP contribution in [0.1, 0.15) is 118 Å². The van der Waals surface area contributed by atoms with Crippen LogP contribution in [-0.4, -0.2) is 21.3 Å². The summed E-state index contributed by atoms with van der Waals surface area (Å²) in [5.41, 5.74) is 12.9. The van der Waals surface area contributed by atoms with Crippen LogP contribution in [0.4, 0.5) is 5.82 Å². The Morgan fingerprint density at radius 1 is 1.05 bits per heavy atom. The lowest BCUT2D eigenvalue weighted by Crippen LogP contribution is -2.64. The summed E-state index contributed by atoms with van der Waals surface area (Å²) in [6.45, 7) is 19.7. The monoisotopic (exact) mass is 521 g/mol. The molecule has 0 radical (unpaired) electrons. The van der Waals surface area contributed by atoms with Crippen molar-refractivity contribution in [3.05, 3.63) is 22.4 Å². The van der Waals surface area contributed by atoms with Crippen LogP contribution >= 0.6 is 0 Å². The summed E-state index contributed by atoms with van der Waals surface area (Å²) >= 11 is 0. The summed E-state index contributed by atoms with van der Waals surface area (Å²) < 4.78 is 0. The Balaban J connectivity index is 1.50. The quantitative estimate of drug-likeness (QED) is 0.351. The average Bonchev–Trinajstić information content (AvgIpc) is 3.18. The van der Waals surface area contributed by atoms with Gasteiger partial charge >= 0.3 is 5.97 Å². The Bertz CT molecular complexity index is 1210. The Kier molecular flexibility index (Phi) is 5.50. The molecule has 0 bridgehead atoms. The van der Waals surface area contributed by atoms with Crippen molar-refractivity contribution in [1.29, 1.82) is 0 Å². The zero-order valence-electron chi connectivity index (χ0n) is 25.1. The van der Waals surface area contributed by atoms with Crippen LogP contribution in [-0.2, 0) is 16.6 Å². The van der Waals surface area contributed by atoms with Crippen molar-refractivity contribution in [2.75, 3.05) is 5.73 Å². The molecule has 5 heteroatoms. The van der Waals surface area contributed by atoms with E-state index in [2.05, 4.69) is 65.6 Å². The number of carboxylic acid groups (broad SMARTS) is 1. The number of aromatic amines is 1. The third-order valence-electron chi connectivity index (χ3n) is 13.6. The van der Waals surface area contributed by atoms with E-state index in [9.17, 15) is 9.90 Å². The molecule has 5 aliphatic rings. The van der Waals surface area contributed by atoms with Gasteiger partial charge in [-0.2, -0.15) is 5.10 Å². The molecule has 1 aromatic rings. The number of H-pyrrole nitrogens is 1. The topological polar surface area (TPSA) is 92.0 Å². The smallest absolute Gasteiger partial charge is 0.306 e. The number of nitrogens with two attached hydrogens (primary N) is 1. The van der Waals surface area contributed by atoms with Crippen LogP contribution in [0.3, 0.4) is 0 Å². The van der Waals surface area contributed by atoms with Crippen LogP contribution < -0.4 is 5.73 Å². The molecule has 6 rings (SSSR count). The van der Waals surface area contributed by atoms with Gasteiger partial charge in [-0.25, -0.2) is 0 Å². The van der Waals surface area contributed by atoms with Gasteiger partial charge in [-0.3, -0.25) is 9.89 Å². The van der Waals surface area contributed by atoms with E-state index >= 15 is 0 Å². The Hall–Kier alpha value is -1.78. The lowest BCUT2D eigenvalue weighted by molar-refractivity contribution is -0.164. The number of nitrogens with one attached hydrogen (secondary N) is 1. The summed E-state index contributed by atoms with van der Waals surface area (Å²) in [6.07, 6.45) is 9.89.